The molecule has 0 saturated carbocycles. The summed E-state index contributed by atoms with van der Waals surface area (Å²) in [7, 11) is 0. The second-order valence-electron chi connectivity index (χ2n) is 2.34. The number of rotatable bonds is 1. The number of hydrogen-bond acceptors (Lipinski definition) is 0. The molecule has 0 unspecified atom stereocenters. The Balaban J connectivity index is 3.40. The molecule has 69 valence electrons. The molecule has 1 aromatic carbocycles. The van der Waals surface area contributed by atoms with E-state index < -0.39 is 11.7 Å². The van der Waals surface area contributed by atoms with E-state index in [-0.39, 0.29) is 9.13 Å². The average molecular weight is 297 g/mol. The van der Waals surface area contributed by atoms with Crippen molar-refractivity contribution in [3.63, 3.8) is 0 Å². The van der Waals surface area contributed by atoms with Crippen LogP contribution in [-0.4, -0.2) is 0 Å². The highest BCUT2D eigenvalue weighted by Crippen LogP contribution is 2.35. The van der Waals surface area contributed by atoms with Gasteiger partial charge in [-0.2, -0.15) is 13.2 Å². The van der Waals surface area contributed by atoms with Gasteiger partial charge in [-0.1, -0.05) is 18.7 Å². The fraction of sp³-hybridized carbons (Fsp3) is 0.111. The Morgan fingerprint density at radius 3 is 2.31 bits per heavy atom. The molecule has 0 spiro atoms. The van der Waals surface area contributed by atoms with Gasteiger partial charge < -0.3 is 0 Å². The summed E-state index contributed by atoms with van der Waals surface area (Å²) in [6, 6.07) is 4.30. The van der Waals surface area contributed by atoms with Gasteiger partial charge in [0.05, 0.1) is 5.56 Å². The zero-order valence-electron chi connectivity index (χ0n) is 6.45. The maximum absolute atomic E-state index is 12.4. The summed E-state index contributed by atoms with van der Waals surface area (Å²) < 4.78 is 37.4. The Hall–Kier alpha value is -0.520. The van der Waals surface area contributed by atoms with Crippen LogP contribution in [0.5, 0.6) is 0 Å². The van der Waals surface area contributed by atoms with Crippen LogP contribution in [0.1, 0.15) is 11.1 Å². The van der Waals surface area contributed by atoms with Crippen molar-refractivity contribution in [2.24, 2.45) is 0 Å². The van der Waals surface area contributed by atoms with Crippen molar-refractivity contribution >= 4 is 22.6 Å². The van der Waals surface area contributed by atoms with Crippen LogP contribution in [0.15, 0.2) is 24.8 Å². The largest absolute Gasteiger partial charge is 0.418 e. The SMILES string of the molecule is C=[C]c1cccc(I)c1C(F)(F)F. The minimum absolute atomic E-state index is 0.000556. The minimum atomic E-state index is -4.34. The Bertz CT molecular complexity index is 328. The Morgan fingerprint density at radius 1 is 1.31 bits per heavy atom. The molecule has 0 saturated heterocycles. The smallest absolute Gasteiger partial charge is 0.166 e. The summed E-state index contributed by atoms with van der Waals surface area (Å²) in [6.07, 6.45) is -2.07. The minimum Gasteiger partial charge on any atom is -0.166 e. The van der Waals surface area contributed by atoms with Gasteiger partial charge in [-0.15, -0.1) is 0 Å². The first-order chi connectivity index (χ1) is 5.96. The highest BCUT2D eigenvalue weighted by Gasteiger charge is 2.34. The van der Waals surface area contributed by atoms with Gasteiger partial charge >= 0.3 is 6.18 Å². The van der Waals surface area contributed by atoms with Gasteiger partial charge in [-0.3, -0.25) is 0 Å². The molecule has 0 N–H and O–H groups in total. The van der Waals surface area contributed by atoms with Gasteiger partial charge in [-0.25, -0.2) is 0 Å². The fourth-order valence-electron chi connectivity index (χ4n) is 0.960. The van der Waals surface area contributed by atoms with Crippen LogP contribution < -0.4 is 0 Å². The second-order valence-corrected chi connectivity index (χ2v) is 3.50. The molecule has 0 amide bonds. The van der Waals surface area contributed by atoms with Crippen LogP contribution in [0.2, 0.25) is 0 Å². The van der Waals surface area contributed by atoms with Gasteiger partial charge in [-0.05, 0) is 40.3 Å². The molecule has 0 aromatic heterocycles. The third kappa shape index (κ3) is 2.24. The van der Waals surface area contributed by atoms with E-state index in [9.17, 15) is 13.2 Å². The van der Waals surface area contributed by atoms with Gasteiger partial charge in [0.15, 0.2) is 0 Å². The van der Waals surface area contributed by atoms with Gasteiger partial charge in [0.2, 0.25) is 0 Å². The lowest BCUT2D eigenvalue weighted by molar-refractivity contribution is -0.138. The maximum Gasteiger partial charge on any atom is 0.418 e. The first-order valence-electron chi connectivity index (χ1n) is 3.35. The lowest BCUT2D eigenvalue weighted by Crippen LogP contribution is -2.10. The lowest BCUT2D eigenvalue weighted by atomic mass is 10.1. The van der Waals surface area contributed by atoms with Crippen molar-refractivity contribution in [3.8, 4) is 0 Å². The predicted molar refractivity (Wildman–Crippen MR) is 52.1 cm³/mol. The fourth-order valence-corrected chi connectivity index (χ4v) is 1.76. The number of halogens is 4. The van der Waals surface area contributed by atoms with E-state index in [1.165, 1.54) is 12.1 Å². The third-order valence-corrected chi connectivity index (χ3v) is 2.39. The topological polar surface area (TPSA) is 0 Å². The second kappa shape index (κ2) is 3.69. The van der Waals surface area contributed by atoms with Crippen LogP contribution in [0, 0.1) is 9.65 Å². The highest BCUT2D eigenvalue weighted by molar-refractivity contribution is 14.1. The van der Waals surface area contributed by atoms with E-state index in [2.05, 4.69) is 12.7 Å². The summed E-state index contributed by atoms with van der Waals surface area (Å²) >= 11 is 1.65. The molecule has 0 nitrogen and oxygen atoms in total. The standard InChI is InChI=1S/C9H5F3I/c1-2-6-4-3-5-7(13)8(6)9(10,11)12/h3-5H,1H2. The van der Waals surface area contributed by atoms with Crippen molar-refractivity contribution < 1.29 is 13.2 Å². The Kier molecular flexibility index (Phi) is 3.00. The molecule has 0 atom stereocenters. The van der Waals surface area contributed by atoms with Crippen LogP contribution in [0.4, 0.5) is 13.2 Å². The normalized spacial score (nSPS) is 11.4. The molecular formula is C9H5F3I. The zero-order valence-corrected chi connectivity index (χ0v) is 8.61. The van der Waals surface area contributed by atoms with Gasteiger partial charge in [0.25, 0.3) is 0 Å². The van der Waals surface area contributed by atoms with E-state index in [0.717, 1.165) is 0 Å². The van der Waals surface area contributed by atoms with Crippen molar-refractivity contribution in [1.82, 2.24) is 0 Å². The first-order valence-corrected chi connectivity index (χ1v) is 4.43. The van der Waals surface area contributed by atoms with Crippen LogP contribution in [0.25, 0.3) is 0 Å². The summed E-state index contributed by atoms with van der Waals surface area (Å²) in [5, 5.41) is 0. The molecule has 0 bridgehead atoms. The molecule has 1 rings (SSSR count). The van der Waals surface area contributed by atoms with Crippen LogP contribution in [0.3, 0.4) is 0 Å². The van der Waals surface area contributed by atoms with Crippen molar-refractivity contribution in [1.29, 1.82) is 0 Å². The summed E-state index contributed by atoms with van der Waals surface area (Å²) in [6.45, 7) is 3.22. The summed E-state index contributed by atoms with van der Waals surface area (Å²) in [4.78, 5) is 0. The van der Waals surface area contributed by atoms with Gasteiger partial charge in [0.1, 0.15) is 0 Å². The van der Waals surface area contributed by atoms with Gasteiger partial charge in [0, 0.05) is 3.57 Å². The van der Waals surface area contributed by atoms with E-state index in [1.54, 1.807) is 28.7 Å². The third-order valence-electron chi connectivity index (χ3n) is 1.49. The monoisotopic (exact) mass is 297 g/mol. The Morgan fingerprint density at radius 2 is 1.92 bits per heavy atom. The predicted octanol–water partition coefficient (Wildman–Crippen LogP) is 3.65. The van der Waals surface area contributed by atoms with Crippen molar-refractivity contribution in [2.45, 2.75) is 6.18 Å². The molecule has 0 fully saturated rings. The molecule has 1 aromatic rings. The van der Waals surface area contributed by atoms with Crippen molar-refractivity contribution in [3.05, 3.63) is 45.6 Å². The van der Waals surface area contributed by atoms with Crippen molar-refractivity contribution in [2.75, 3.05) is 0 Å². The number of benzene rings is 1. The summed E-state index contributed by atoms with van der Waals surface area (Å²) in [5.41, 5.74) is -0.662. The molecule has 4 heteroatoms. The van der Waals surface area contributed by atoms with E-state index in [4.69, 9.17) is 0 Å². The first kappa shape index (κ1) is 10.6. The summed E-state index contributed by atoms with van der Waals surface area (Å²) in [5.74, 6) is 0. The van der Waals surface area contributed by atoms with E-state index in [1.807, 2.05) is 0 Å². The lowest BCUT2D eigenvalue weighted by Gasteiger charge is -2.11. The van der Waals surface area contributed by atoms with E-state index >= 15 is 0 Å². The molecular weight excluding hydrogens is 292 g/mol. The molecule has 1 radical (unpaired) electrons. The average Bonchev–Trinajstić information content (AvgIpc) is 2.01. The zero-order chi connectivity index (χ0) is 10.1. The molecule has 0 heterocycles. The molecule has 0 aliphatic rings. The number of hydrogen-bond donors (Lipinski definition) is 0. The van der Waals surface area contributed by atoms with Crippen LogP contribution in [-0.2, 0) is 6.18 Å². The maximum atomic E-state index is 12.4. The van der Waals surface area contributed by atoms with E-state index in [0.29, 0.717) is 0 Å². The highest BCUT2D eigenvalue weighted by atomic mass is 127. The molecule has 13 heavy (non-hydrogen) atoms. The number of alkyl halides is 3. The molecule has 0 aliphatic carbocycles. The molecule has 0 aliphatic heterocycles. The Labute approximate surface area is 87.6 Å². The van der Waals surface area contributed by atoms with Crippen LogP contribution >= 0.6 is 22.6 Å². The quantitative estimate of drug-likeness (QED) is 0.694.